The molecule has 2 heterocycles. The Hall–Kier alpha value is -5.99. The van der Waals surface area contributed by atoms with Crippen molar-refractivity contribution >= 4 is 46.7 Å². The number of benzene rings is 2. The second-order valence-electron chi connectivity index (χ2n) is 11.1. The molecule has 0 fully saturated rings. The third-order valence-electron chi connectivity index (χ3n) is 7.70. The summed E-state index contributed by atoms with van der Waals surface area (Å²) in [5.41, 5.74) is 8.36. The lowest BCUT2D eigenvalue weighted by molar-refractivity contribution is -0.148. The number of carbonyl (C=O) groups excluding carboxylic acids is 5. The highest BCUT2D eigenvalue weighted by molar-refractivity contribution is 5.97. The molecule has 2 aromatic heterocycles. The molecule has 0 unspecified atom stereocenters. The van der Waals surface area contributed by atoms with Crippen LogP contribution in [-0.4, -0.2) is 71.0 Å². The third kappa shape index (κ3) is 10.2. The van der Waals surface area contributed by atoms with Gasteiger partial charge < -0.3 is 35.6 Å². The summed E-state index contributed by atoms with van der Waals surface area (Å²) in [6.07, 6.45) is 2.23. The molecule has 0 spiro atoms. The van der Waals surface area contributed by atoms with E-state index in [9.17, 15) is 28.8 Å². The molecule has 2 amide bonds. The number of aromatic nitrogens is 3. The summed E-state index contributed by atoms with van der Waals surface area (Å²) in [6.45, 7) is -0.0450. The normalized spacial score (nSPS) is 12.0. The van der Waals surface area contributed by atoms with Crippen LogP contribution in [0, 0.1) is 0 Å². The minimum absolute atomic E-state index is 0.0226. The van der Waals surface area contributed by atoms with Crippen LogP contribution in [0.4, 0.5) is 5.95 Å². The largest absolute Gasteiger partial charge is 0.469 e. The molecule has 0 aliphatic heterocycles. The summed E-state index contributed by atoms with van der Waals surface area (Å²) in [6, 6.07) is 13.4. The summed E-state index contributed by atoms with van der Waals surface area (Å²) in [5.74, 6) is -3.20. The van der Waals surface area contributed by atoms with Crippen molar-refractivity contribution in [2.75, 3.05) is 20.0 Å². The number of fused-ring (bicyclic) bond motifs is 1. The second kappa shape index (κ2) is 17.2. The van der Waals surface area contributed by atoms with Crippen molar-refractivity contribution < 1.29 is 38.2 Å². The molecule has 0 radical (unpaired) electrons. The van der Waals surface area contributed by atoms with Crippen LogP contribution in [0.1, 0.15) is 52.7 Å². The van der Waals surface area contributed by atoms with Crippen molar-refractivity contribution in [1.29, 1.82) is 0 Å². The first-order valence-electron chi connectivity index (χ1n) is 15.5. The number of nitrogens with one attached hydrogen (secondary N) is 4. The van der Waals surface area contributed by atoms with E-state index in [2.05, 4.69) is 30.3 Å². The minimum atomic E-state index is -1.20. The van der Waals surface area contributed by atoms with Gasteiger partial charge in [-0.15, -0.1) is 0 Å². The average molecular weight is 675 g/mol. The number of nitrogens with zero attached hydrogens (tertiary/aromatic N) is 1. The molecule has 4 rings (SSSR count). The zero-order valence-corrected chi connectivity index (χ0v) is 27.1. The maximum Gasteiger partial charge on any atom is 0.328 e. The number of aromatic amines is 2. The molecule has 15 heteroatoms. The van der Waals surface area contributed by atoms with Gasteiger partial charge in [0.1, 0.15) is 24.3 Å². The Morgan fingerprint density at radius 2 is 1.53 bits per heavy atom. The van der Waals surface area contributed by atoms with E-state index in [1.54, 1.807) is 54.7 Å². The molecule has 258 valence electrons. The number of anilines is 1. The van der Waals surface area contributed by atoms with Crippen LogP contribution in [0.5, 0.6) is 0 Å². The number of ether oxygens (including phenoxy) is 3. The van der Waals surface area contributed by atoms with Crippen LogP contribution in [0.2, 0.25) is 0 Å². The molecule has 15 nitrogen and oxygen atoms in total. The average Bonchev–Trinajstić information content (AvgIpc) is 3.52. The van der Waals surface area contributed by atoms with E-state index < -0.39 is 41.8 Å². The lowest BCUT2D eigenvalue weighted by Gasteiger charge is -2.19. The van der Waals surface area contributed by atoms with E-state index in [-0.39, 0.29) is 49.4 Å². The number of aryl methyl sites for hydroxylation is 2. The zero-order chi connectivity index (χ0) is 35.3. The highest BCUT2D eigenvalue weighted by atomic mass is 16.5. The molecule has 0 aliphatic rings. The van der Waals surface area contributed by atoms with Crippen molar-refractivity contribution in [3.05, 3.63) is 93.4 Å². The Kier molecular flexibility index (Phi) is 12.6. The number of hydrogen-bond donors (Lipinski definition) is 5. The van der Waals surface area contributed by atoms with Gasteiger partial charge in [0, 0.05) is 24.6 Å². The van der Waals surface area contributed by atoms with Crippen LogP contribution in [-0.2, 0) is 52.8 Å². The molecule has 0 bridgehead atoms. The summed E-state index contributed by atoms with van der Waals surface area (Å²) < 4.78 is 14.8. The smallest absolute Gasteiger partial charge is 0.328 e. The number of methoxy groups -OCH3 is 2. The molecule has 49 heavy (non-hydrogen) atoms. The first-order chi connectivity index (χ1) is 23.6. The molecule has 0 saturated carbocycles. The Morgan fingerprint density at radius 1 is 0.837 bits per heavy atom. The van der Waals surface area contributed by atoms with Crippen LogP contribution >= 0.6 is 0 Å². The van der Waals surface area contributed by atoms with Crippen LogP contribution in [0.3, 0.4) is 0 Å². The van der Waals surface area contributed by atoms with Crippen molar-refractivity contribution in [2.45, 2.75) is 57.2 Å². The van der Waals surface area contributed by atoms with E-state index in [4.69, 9.17) is 15.2 Å². The standard InChI is InChI=1S/C34H38N6O9/c1-47-27(42)17-15-24(32(45)48-2)37-26(41)16-14-25(33(46)49-19-21-6-4-3-5-7-21)38-30(43)22-11-8-20(9-12-22)10-13-23-18-36-29-28(23)31(44)40-34(35)39-29/h3-9,11-12,18,24-25H,10,13-17,19H2,1-2H3,(H,37,41)(H,38,43)(H4,35,36,39,40,44)/t24-,25-/m0/s1. The van der Waals surface area contributed by atoms with Crippen molar-refractivity contribution in [2.24, 2.45) is 0 Å². The minimum Gasteiger partial charge on any atom is -0.469 e. The topological polar surface area (TPSA) is 225 Å². The lowest BCUT2D eigenvalue weighted by atomic mass is 10.0. The quantitative estimate of drug-likeness (QED) is 0.0852. The molecule has 2 aromatic carbocycles. The second-order valence-corrected chi connectivity index (χ2v) is 11.1. The fourth-order valence-electron chi connectivity index (χ4n) is 5.04. The number of rotatable bonds is 16. The number of nitrogens with two attached hydrogens (primary N) is 1. The van der Waals surface area contributed by atoms with Gasteiger partial charge in [-0.3, -0.25) is 24.2 Å². The van der Waals surface area contributed by atoms with Gasteiger partial charge in [0.05, 0.1) is 19.6 Å². The predicted molar refractivity (Wildman–Crippen MR) is 177 cm³/mol. The lowest BCUT2D eigenvalue weighted by Crippen LogP contribution is -2.45. The van der Waals surface area contributed by atoms with Gasteiger partial charge in [-0.1, -0.05) is 42.5 Å². The number of hydrogen-bond acceptors (Lipinski definition) is 11. The fraction of sp³-hybridized carbons (Fsp3) is 0.324. The van der Waals surface area contributed by atoms with Crippen molar-refractivity contribution in [3.63, 3.8) is 0 Å². The number of carbonyl (C=O) groups is 5. The molecular formula is C34H38N6O9. The van der Waals surface area contributed by atoms with Crippen LogP contribution in [0.25, 0.3) is 11.0 Å². The predicted octanol–water partition coefficient (Wildman–Crippen LogP) is 1.85. The Morgan fingerprint density at radius 3 is 2.22 bits per heavy atom. The van der Waals surface area contributed by atoms with Gasteiger partial charge >= 0.3 is 17.9 Å². The zero-order valence-electron chi connectivity index (χ0n) is 27.1. The highest BCUT2D eigenvalue weighted by Crippen LogP contribution is 2.16. The molecule has 2 atom stereocenters. The number of nitrogen functional groups attached to an aromatic ring is 1. The van der Waals surface area contributed by atoms with Gasteiger partial charge in [-0.2, -0.15) is 4.98 Å². The monoisotopic (exact) mass is 674 g/mol. The molecule has 4 aromatic rings. The molecular weight excluding hydrogens is 636 g/mol. The van der Waals surface area contributed by atoms with Crippen molar-refractivity contribution in [1.82, 2.24) is 25.6 Å². The molecule has 0 aliphatic carbocycles. The van der Waals surface area contributed by atoms with Gasteiger partial charge in [0.15, 0.2) is 0 Å². The summed E-state index contributed by atoms with van der Waals surface area (Å²) in [5, 5.41) is 5.61. The van der Waals surface area contributed by atoms with Crippen LogP contribution < -0.4 is 21.9 Å². The Labute approximate surface area is 280 Å². The number of esters is 3. The number of amides is 2. The summed E-state index contributed by atoms with van der Waals surface area (Å²) in [4.78, 5) is 84.8. The van der Waals surface area contributed by atoms with E-state index in [0.717, 1.165) is 23.8 Å². The number of H-pyrrole nitrogens is 2. The van der Waals surface area contributed by atoms with E-state index in [0.29, 0.717) is 23.9 Å². The summed E-state index contributed by atoms with van der Waals surface area (Å²) >= 11 is 0. The highest BCUT2D eigenvalue weighted by Gasteiger charge is 2.27. The van der Waals surface area contributed by atoms with E-state index in [1.165, 1.54) is 7.11 Å². The van der Waals surface area contributed by atoms with Crippen molar-refractivity contribution in [3.8, 4) is 0 Å². The first kappa shape index (κ1) is 35.9. The maximum atomic E-state index is 13.2. The van der Waals surface area contributed by atoms with Gasteiger partial charge in [0.2, 0.25) is 11.9 Å². The van der Waals surface area contributed by atoms with E-state index in [1.807, 2.05) is 6.07 Å². The fourth-order valence-corrected chi connectivity index (χ4v) is 5.04. The molecule has 0 saturated heterocycles. The van der Waals surface area contributed by atoms with E-state index >= 15 is 0 Å². The summed E-state index contributed by atoms with van der Waals surface area (Å²) in [7, 11) is 2.36. The third-order valence-corrected chi connectivity index (χ3v) is 7.70. The van der Waals surface area contributed by atoms with Gasteiger partial charge in [-0.05, 0) is 54.5 Å². The first-order valence-corrected chi connectivity index (χ1v) is 15.5. The Balaban J connectivity index is 1.39. The molecule has 6 N–H and O–H groups in total. The van der Waals surface area contributed by atoms with Crippen LogP contribution in [0.15, 0.2) is 65.6 Å². The van der Waals surface area contributed by atoms with Gasteiger partial charge in [0.25, 0.3) is 11.5 Å². The Bertz CT molecular complexity index is 1840. The maximum absolute atomic E-state index is 13.2. The SMILES string of the molecule is COC(=O)CC[C@H](NC(=O)CC[C@H](NC(=O)c1ccc(CCc2c[nH]c3nc(N)[nH]c(=O)c23)cc1)C(=O)OCc1ccccc1)C(=O)OC. The van der Waals surface area contributed by atoms with Gasteiger partial charge in [-0.25, -0.2) is 9.59 Å².